The van der Waals surface area contributed by atoms with Gasteiger partial charge in [0.15, 0.2) is 0 Å². The van der Waals surface area contributed by atoms with Crippen LogP contribution in [0.5, 0.6) is 17.2 Å². The maximum Gasteiger partial charge on any atom is 0.259 e. The summed E-state index contributed by atoms with van der Waals surface area (Å²) in [6.07, 6.45) is 2.44. The Bertz CT molecular complexity index is 1840. The summed E-state index contributed by atoms with van der Waals surface area (Å²) in [5, 5.41) is 2.88. The van der Waals surface area contributed by atoms with Crippen LogP contribution in [0.3, 0.4) is 0 Å². The van der Waals surface area contributed by atoms with Crippen molar-refractivity contribution in [3.05, 3.63) is 132 Å². The van der Waals surface area contributed by atoms with E-state index in [0.717, 1.165) is 22.4 Å². The van der Waals surface area contributed by atoms with Gasteiger partial charge in [-0.2, -0.15) is 0 Å². The zero-order valence-electron chi connectivity index (χ0n) is 27.6. The number of nitrogens with two attached hydrogens (primary N) is 1. The third kappa shape index (κ3) is 9.73. The summed E-state index contributed by atoms with van der Waals surface area (Å²) in [5.41, 5.74) is 11.3. The van der Waals surface area contributed by atoms with Crippen LogP contribution in [0.1, 0.15) is 38.3 Å². The number of carbonyl (C=O) groups is 2. The van der Waals surface area contributed by atoms with Crippen molar-refractivity contribution in [3.8, 4) is 28.5 Å². The number of hydrogen-bond donors (Lipinski definition) is 2. The van der Waals surface area contributed by atoms with Gasteiger partial charge in [0, 0.05) is 24.4 Å². The van der Waals surface area contributed by atoms with E-state index in [-0.39, 0.29) is 36.6 Å². The quantitative estimate of drug-likeness (QED) is 0.121. The van der Waals surface area contributed by atoms with Crippen molar-refractivity contribution >= 4 is 48.0 Å². The van der Waals surface area contributed by atoms with E-state index in [4.69, 9.17) is 19.9 Å². The van der Waals surface area contributed by atoms with Crippen LogP contribution in [0.25, 0.3) is 11.3 Å². The topological polar surface area (TPSA) is 116 Å². The zero-order chi connectivity index (χ0) is 33.2. The van der Waals surface area contributed by atoms with Crippen molar-refractivity contribution in [2.45, 2.75) is 20.0 Å². The number of methoxy groups -OCH3 is 1. The summed E-state index contributed by atoms with van der Waals surface area (Å²) in [7, 11) is 3.19. The molecule has 0 radical (unpaired) electrons. The normalized spacial score (nSPS) is 10.2. The lowest BCUT2D eigenvalue weighted by atomic mass is 10.1. The average molecular weight is 704 g/mol. The van der Waals surface area contributed by atoms with Crippen LogP contribution in [-0.2, 0) is 6.61 Å². The van der Waals surface area contributed by atoms with Crippen LogP contribution >= 0.6 is 24.8 Å². The molecular weight excluding hydrogens is 663 g/mol. The third-order valence-electron chi connectivity index (χ3n) is 7.52. The fourth-order valence-electron chi connectivity index (χ4n) is 4.95. The van der Waals surface area contributed by atoms with Crippen molar-refractivity contribution in [2.24, 2.45) is 5.73 Å². The van der Waals surface area contributed by atoms with E-state index >= 15 is 0 Å². The highest BCUT2D eigenvalue weighted by atomic mass is 35.5. The molecule has 9 nitrogen and oxygen atoms in total. The average Bonchev–Trinajstić information content (AvgIpc) is 3.11. The Hall–Kier alpha value is -5.09. The van der Waals surface area contributed by atoms with Crippen molar-refractivity contribution < 1.29 is 23.8 Å². The van der Waals surface area contributed by atoms with Gasteiger partial charge in [0.05, 0.1) is 36.3 Å². The number of aromatic nitrogens is 1. The minimum absolute atomic E-state index is 0. The van der Waals surface area contributed by atoms with Crippen LogP contribution < -0.4 is 30.2 Å². The first-order chi connectivity index (χ1) is 22.9. The highest BCUT2D eigenvalue weighted by Crippen LogP contribution is 2.33. The molecule has 0 atom stereocenters. The third-order valence-corrected chi connectivity index (χ3v) is 7.52. The summed E-state index contributed by atoms with van der Waals surface area (Å²) in [6.45, 7) is 3.20. The Labute approximate surface area is 299 Å². The lowest BCUT2D eigenvalue weighted by Gasteiger charge is -2.22. The number of aryl methyl sites for hydroxylation is 1. The van der Waals surface area contributed by atoms with Gasteiger partial charge in [-0.05, 0) is 85.6 Å². The minimum atomic E-state index is -0.365. The van der Waals surface area contributed by atoms with Crippen molar-refractivity contribution in [1.82, 2.24) is 4.98 Å². The summed E-state index contributed by atoms with van der Waals surface area (Å²) in [4.78, 5) is 32.9. The van der Waals surface area contributed by atoms with Crippen LogP contribution in [0.2, 0.25) is 0 Å². The zero-order valence-corrected chi connectivity index (χ0v) is 29.2. The fourth-order valence-corrected chi connectivity index (χ4v) is 4.95. The summed E-state index contributed by atoms with van der Waals surface area (Å²) in [5.74, 6) is 0.749. The molecule has 0 bridgehead atoms. The minimum Gasteiger partial charge on any atom is -0.495 e. The number of amides is 2. The predicted molar refractivity (Wildman–Crippen MR) is 199 cm³/mol. The highest BCUT2D eigenvalue weighted by Gasteiger charge is 2.21. The number of nitrogens with one attached hydrogen (secondary N) is 1. The number of para-hydroxylation sites is 1. The van der Waals surface area contributed by atoms with Crippen LogP contribution in [0.4, 0.5) is 11.4 Å². The van der Waals surface area contributed by atoms with Crippen LogP contribution in [0, 0.1) is 6.92 Å². The second-order valence-electron chi connectivity index (χ2n) is 10.9. The lowest BCUT2D eigenvalue weighted by molar-refractivity contribution is 0.0990. The highest BCUT2D eigenvalue weighted by molar-refractivity contribution is 6.09. The van der Waals surface area contributed by atoms with E-state index < -0.39 is 0 Å². The monoisotopic (exact) mass is 702 g/mol. The van der Waals surface area contributed by atoms with Gasteiger partial charge in [-0.3, -0.25) is 14.6 Å². The molecule has 1 aromatic heterocycles. The van der Waals surface area contributed by atoms with E-state index in [1.165, 1.54) is 7.11 Å². The molecule has 2 amide bonds. The molecule has 0 aliphatic heterocycles. The van der Waals surface area contributed by atoms with Crippen molar-refractivity contribution in [3.63, 3.8) is 0 Å². The molecule has 11 heteroatoms. The molecule has 0 saturated carbocycles. The summed E-state index contributed by atoms with van der Waals surface area (Å²) >= 11 is 0. The van der Waals surface area contributed by atoms with Crippen LogP contribution in [0.15, 0.2) is 109 Å². The largest absolute Gasteiger partial charge is 0.495 e. The van der Waals surface area contributed by atoms with Gasteiger partial charge < -0.3 is 30.2 Å². The van der Waals surface area contributed by atoms with E-state index in [9.17, 15) is 9.59 Å². The van der Waals surface area contributed by atoms with Crippen LogP contribution in [-0.4, -0.2) is 44.1 Å². The van der Waals surface area contributed by atoms with Gasteiger partial charge in [-0.1, -0.05) is 48.5 Å². The number of pyridine rings is 1. The molecule has 0 spiro atoms. The Kier molecular flexibility index (Phi) is 14.4. The van der Waals surface area contributed by atoms with Gasteiger partial charge in [0.1, 0.15) is 23.9 Å². The lowest BCUT2D eigenvalue weighted by Crippen LogP contribution is -2.27. The number of rotatable bonds is 13. The molecule has 0 saturated heterocycles. The Balaban J connectivity index is 0.00000325. The van der Waals surface area contributed by atoms with Crippen molar-refractivity contribution in [1.29, 1.82) is 0 Å². The van der Waals surface area contributed by atoms with Gasteiger partial charge in [0.2, 0.25) is 0 Å². The van der Waals surface area contributed by atoms with E-state index in [1.807, 2.05) is 67.6 Å². The number of benzene rings is 4. The van der Waals surface area contributed by atoms with Gasteiger partial charge in [-0.15, -0.1) is 24.8 Å². The molecule has 3 N–H and O–H groups in total. The second-order valence-corrected chi connectivity index (χ2v) is 10.9. The number of halogens is 2. The molecule has 0 aliphatic rings. The Morgan fingerprint density at radius 3 is 2.31 bits per heavy atom. The number of ether oxygens (including phenoxy) is 3. The molecule has 49 heavy (non-hydrogen) atoms. The second kappa shape index (κ2) is 18.5. The van der Waals surface area contributed by atoms with Crippen molar-refractivity contribution in [2.75, 3.05) is 37.5 Å². The first-order valence-corrected chi connectivity index (χ1v) is 15.3. The molecular formula is C38H40Cl2N4O5. The van der Waals surface area contributed by atoms with Gasteiger partial charge >= 0.3 is 0 Å². The molecule has 256 valence electrons. The number of nitrogens with zero attached hydrogens (tertiary/aromatic N) is 2. The van der Waals surface area contributed by atoms with Gasteiger partial charge in [0.25, 0.3) is 11.8 Å². The molecule has 5 aromatic rings. The molecule has 4 aromatic carbocycles. The number of carbonyl (C=O) groups excluding carboxylic acids is 2. The predicted octanol–water partition coefficient (Wildman–Crippen LogP) is 7.74. The first kappa shape index (κ1) is 38.4. The fraction of sp³-hybridized carbons (Fsp3) is 0.184. The Morgan fingerprint density at radius 2 is 1.59 bits per heavy atom. The molecule has 0 aliphatic carbocycles. The smallest absolute Gasteiger partial charge is 0.259 e. The number of hydrogen-bond acceptors (Lipinski definition) is 7. The maximum absolute atomic E-state index is 13.7. The number of anilines is 2. The first-order valence-electron chi connectivity index (χ1n) is 15.3. The molecule has 0 unspecified atom stereocenters. The van der Waals surface area contributed by atoms with E-state index in [0.29, 0.717) is 65.9 Å². The van der Waals surface area contributed by atoms with Gasteiger partial charge in [-0.25, -0.2) is 0 Å². The van der Waals surface area contributed by atoms with E-state index in [1.54, 1.807) is 60.6 Å². The molecule has 5 rings (SSSR count). The summed E-state index contributed by atoms with van der Waals surface area (Å²) < 4.78 is 17.6. The Morgan fingerprint density at radius 1 is 0.837 bits per heavy atom. The summed E-state index contributed by atoms with van der Waals surface area (Å²) in [6, 6.07) is 31.5. The van der Waals surface area contributed by atoms with E-state index in [2.05, 4.69) is 10.3 Å². The maximum atomic E-state index is 13.7. The standard InChI is InChI=1S/C38H38N4O5.2ClH/c1-26-12-19-33(36(23-26)47-25-27-13-15-28(16-14-27)31-10-6-7-21-40-31)42(2)38(44)29-17-18-32(35(24-29)45-3)41-37(43)30-9-4-5-11-34(30)46-22-8-20-39;;/h4-7,9-19,21,23-24H,8,20,22,25,39H2,1-3H3,(H,41,43);2*1H. The SMILES string of the molecule is COc1cc(C(=O)N(C)c2ccc(C)cc2OCc2ccc(-c3ccccn3)cc2)ccc1NC(=O)c1ccccc1OCCCN.Cl.Cl. The molecule has 1 heterocycles. The molecule has 0 fully saturated rings.